The molecule has 0 fully saturated rings. The molecule has 0 spiro atoms. The summed E-state index contributed by atoms with van der Waals surface area (Å²) in [5.74, 6) is 1.55. The average Bonchev–Trinajstić information content (AvgIpc) is 2.67. The predicted molar refractivity (Wildman–Crippen MR) is 67.4 cm³/mol. The van der Waals surface area contributed by atoms with Gasteiger partial charge in [0, 0.05) is 0 Å². The summed E-state index contributed by atoms with van der Waals surface area (Å²) in [5.41, 5.74) is 2.71. The fourth-order valence-electron chi connectivity index (χ4n) is 1.71. The van der Waals surface area contributed by atoms with Crippen LogP contribution in [0.5, 0.6) is 5.75 Å². The summed E-state index contributed by atoms with van der Waals surface area (Å²) in [6.45, 7) is 5.94. The molecule has 18 heavy (non-hydrogen) atoms. The number of hydrogen-bond donors (Lipinski definition) is 1. The monoisotopic (exact) mass is 247 g/mol. The molecule has 0 bridgehead atoms. The van der Waals surface area contributed by atoms with Gasteiger partial charge in [-0.25, -0.2) is 0 Å². The SMILES string of the molecule is Cc1noc(C)c1COc1ccc([C@H](C)O)cc1. The number of aromatic nitrogens is 1. The average molecular weight is 247 g/mol. The van der Waals surface area contributed by atoms with Gasteiger partial charge >= 0.3 is 0 Å². The molecule has 1 N–H and O–H groups in total. The van der Waals surface area contributed by atoms with Crippen molar-refractivity contribution in [2.75, 3.05) is 0 Å². The van der Waals surface area contributed by atoms with Gasteiger partial charge in [0.25, 0.3) is 0 Å². The second-order valence-corrected chi connectivity index (χ2v) is 4.34. The standard InChI is InChI=1S/C14H17NO3/c1-9-14(11(3)18-15-9)8-17-13-6-4-12(5-7-13)10(2)16/h4-7,10,16H,8H2,1-3H3/t10-/m0/s1. The lowest BCUT2D eigenvalue weighted by atomic mass is 10.1. The number of benzene rings is 1. The summed E-state index contributed by atoms with van der Waals surface area (Å²) in [5, 5.41) is 13.3. The molecule has 0 aliphatic heterocycles. The van der Waals surface area contributed by atoms with Crippen LogP contribution in [0.25, 0.3) is 0 Å². The summed E-state index contributed by atoms with van der Waals surface area (Å²) in [4.78, 5) is 0. The molecule has 4 heteroatoms. The van der Waals surface area contributed by atoms with E-state index in [2.05, 4.69) is 5.16 Å². The van der Waals surface area contributed by atoms with Crippen LogP contribution in [0.1, 0.15) is 35.6 Å². The zero-order valence-electron chi connectivity index (χ0n) is 10.8. The Bertz CT molecular complexity index is 495. The van der Waals surface area contributed by atoms with E-state index in [4.69, 9.17) is 9.26 Å². The van der Waals surface area contributed by atoms with E-state index in [1.807, 2.05) is 38.1 Å². The van der Waals surface area contributed by atoms with Gasteiger partial charge in [0.2, 0.25) is 0 Å². The minimum absolute atomic E-state index is 0.440. The highest BCUT2D eigenvalue weighted by Crippen LogP contribution is 2.20. The first kappa shape index (κ1) is 12.6. The van der Waals surface area contributed by atoms with Crippen molar-refractivity contribution in [3.05, 3.63) is 46.8 Å². The second kappa shape index (κ2) is 5.23. The van der Waals surface area contributed by atoms with Gasteiger partial charge in [-0.05, 0) is 38.5 Å². The summed E-state index contributed by atoms with van der Waals surface area (Å²) in [6.07, 6.45) is -0.457. The molecular weight excluding hydrogens is 230 g/mol. The molecule has 1 heterocycles. The largest absolute Gasteiger partial charge is 0.489 e. The van der Waals surface area contributed by atoms with Crippen LogP contribution in [0.15, 0.2) is 28.8 Å². The summed E-state index contributed by atoms with van der Waals surface area (Å²) < 4.78 is 10.7. The van der Waals surface area contributed by atoms with Gasteiger partial charge in [-0.3, -0.25) is 0 Å². The number of aryl methyl sites for hydroxylation is 2. The highest BCUT2D eigenvalue weighted by atomic mass is 16.5. The highest BCUT2D eigenvalue weighted by molar-refractivity contribution is 5.29. The number of aliphatic hydroxyl groups is 1. The van der Waals surface area contributed by atoms with Crippen LogP contribution in [-0.2, 0) is 6.61 Å². The Morgan fingerprint density at radius 1 is 1.28 bits per heavy atom. The van der Waals surface area contributed by atoms with E-state index in [1.54, 1.807) is 6.92 Å². The maximum Gasteiger partial charge on any atom is 0.140 e. The third-order valence-electron chi connectivity index (χ3n) is 2.93. The minimum atomic E-state index is -0.457. The number of aliphatic hydroxyl groups excluding tert-OH is 1. The van der Waals surface area contributed by atoms with Gasteiger partial charge in [-0.2, -0.15) is 0 Å². The molecule has 0 saturated heterocycles. The van der Waals surface area contributed by atoms with Gasteiger partial charge in [0.05, 0.1) is 17.4 Å². The molecule has 0 aliphatic rings. The smallest absolute Gasteiger partial charge is 0.140 e. The van der Waals surface area contributed by atoms with Crippen molar-refractivity contribution < 1.29 is 14.4 Å². The number of nitrogens with zero attached hydrogens (tertiary/aromatic N) is 1. The van der Waals surface area contributed by atoms with E-state index in [9.17, 15) is 5.11 Å². The normalized spacial score (nSPS) is 12.4. The molecule has 96 valence electrons. The van der Waals surface area contributed by atoms with Crippen LogP contribution in [0, 0.1) is 13.8 Å². The lowest BCUT2D eigenvalue weighted by molar-refractivity contribution is 0.199. The zero-order valence-corrected chi connectivity index (χ0v) is 10.8. The van der Waals surface area contributed by atoms with Crippen LogP contribution < -0.4 is 4.74 Å². The van der Waals surface area contributed by atoms with Crippen molar-refractivity contribution >= 4 is 0 Å². The molecule has 1 aromatic carbocycles. The first-order chi connectivity index (χ1) is 8.58. The Kier molecular flexibility index (Phi) is 3.67. The Balaban J connectivity index is 2.02. The lowest BCUT2D eigenvalue weighted by Gasteiger charge is -2.08. The summed E-state index contributed by atoms with van der Waals surface area (Å²) >= 11 is 0. The first-order valence-corrected chi connectivity index (χ1v) is 5.90. The van der Waals surface area contributed by atoms with Gasteiger partial charge in [-0.15, -0.1) is 0 Å². The molecule has 1 atom stereocenters. The first-order valence-electron chi connectivity index (χ1n) is 5.90. The Labute approximate surface area is 106 Å². The van der Waals surface area contributed by atoms with Crippen LogP contribution in [0.2, 0.25) is 0 Å². The molecular formula is C14H17NO3. The minimum Gasteiger partial charge on any atom is -0.489 e. The maximum atomic E-state index is 9.41. The summed E-state index contributed by atoms with van der Waals surface area (Å²) in [6, 6.07) is 7.40. The molecule has 2 rings (SSSR count). The quantitative estimate of drug-likeness (QED) is 0.902. The van der Waals surface area contributed by atoms with E-state index < -0.39 is 6.10 Å². The predicted octanol–water partition coefficient (Wildman–Crippen LogP) is 2.92. The van der Waals surface area contributed by atoms with Crippen LogP contribution >= 0.6 is 0 Å². The molecule has 0 unspecified atom stereocenters. The van der Waals surface area contributed by atoms with Crippen molar-refractivity contribution in [3.8, 4) is 5.75 Å². The maximum absolute atomic E-state index is 9.41. The molecule has 0 radical (unpaired) electrons. The van der Waals surface area contributed by atoms with Gasteiger partial charge in [0.1, 0.15) is 18.1 Å². The molecule has 0 amide bonds. The number of rotatable bonds is 4. The van der Waals surface area contributed by atoms with Crippen molar-refractivity contribution in [1.82, 2.24) is 5.16 Å². The fourth-order valence-corrected chi connectivity index (χ4v) is 1.71. The second-order valence-electron chi connectivity index (χ2n) is 4.34. The van der Waals surface area contributed by atoms with E-state index in [0.717, 1.165) is 28.3 Å². The highest BCUT2D eigenvalue weighted by Gasteiger charge is 2.09. The van der Waals surface area contributed by atoms with Crippen molar-refractivity contribution in [1.29, 1.82) is 0 Å². The van der Waals surface area contributed by atoms with Gasteiger partial charge in [-0.1, -0.05) is 17.3 Å². The molecule has 1 aromatic heterocycles. The number of hydrogen-bond acceptors (Lipinski definition) is 4. The van der Waals surface area contributed by atoms with Gasteiger partial charge in [0.15, 0.2) is 0 Å². The third kappa shape index (κ3) is 2.71. The molecule has 4 nitrogen and oxygen atoms in total. The lowest BCUT2D eigenvalue weighted by Crippen LogP contribution is -1.98. The fraction of sp³-hybridized carbons (Fsp3) is 0.357. The van der Waals surface area contributed by atoms with E-state index in [-0.39, 0.29) is 0 Å². The van der Waals surface area contributed by atoms with Crippen molar-refractivity contribution in [2.45, 2.75) is 33.5 Å². The summed E-state index contributed by atoms with van der Waals surface area (Å²) in [7, 11) is 0. The Hall–Kier alpha value is -1.81. The Morgan fingerprint density at radius 3 is 2.44 bits per heavy atom. The zero-order chi connectivity index (χ0) is 13.1. The van der Waals surface area contributed by atoms with Crippen LogP contribution in [-0.4, -0.2) is 10.3 Å². The van der Waals surface area contributed by atoms with E-state index in [0.29, 0.717) is 6.61 Å². The van der Waals surface area contributed by atoms with E-state index >= 15 is 0 Å². The molecule has 0 aliphatic carbocycles. The van der Waals surface area contributed by atoms with Crippen LogP contribution in [0.3, 0.4) is 0 Å². The Morgan fingerprint density at radius 2 is 1.94 bits per heavy atom. The van der Waals surface area contributed by atoms with Crippen LogP contribution in [0.4, 0.5) is 0 Å². The molecule has 0 saturated carbocycles. The van der Waals surface area contributed by atoms with Gasteiger partial charge < -0.3 is 14.4 Å². The van der Waals surface area contributed by atoms with Crippen molar-refractivity contribution in [2.24, 2.45) is 0 Å². The third-order valence-corrected chi connectivity index (χ3v) is 2.93. The van der Waals surface area contributed by atoms with Crippen molar-refractivity contribution in [3.63, 3.8) is 0 Å². The topological polar surface area (TPSA) is 55.5 Å². The molecule has 2 aromatic rings. The van der Waals surface area contributed by atoms with E-state index in [1.165, 1.54) is 0 Å². The number of ether oxygens (including phenoxy) is 1.